The summed E-state index contributed by atoms with van der Waals surface area (Å²) in [4.78, 5) is 14.8. The number of aromatic nitrogens is 1. The van der Waals surface area contributed by atoms with Gasteiger partial charge in [0.25, 0.3) is 0 Å². The number of carbonyl (C=O) groups is 1. The number of hydrogen-bond acceptors (Lipinski definition) is 2. The van der Waals surface area contributed by atoms with Gasteiger partial charge in [0.1, 0.15) is 0 Å². The van der Waals surface area contributed by atoms with Crippen LogP contribution in [-0.4, -0.2) is 11.3 Å². The highest BCUT2D eigenvalue weighted by Gasteiger charge is 2.15. The second-order valence-electron chi connectivity index (χ2n) is 4.40. The zero-order valence-electron chi connectivity index (χ0n) is 8.98. The summed E-state index contributed by atoms with van der Waals surface area (Å²) in [5.74, 6) is 0.778. The highest BCUT2D eigenvalue weighted by Crippen LogP contribution is 2.27. The van der Waals surface area contributed by atoms with Gasteiger partial charge in [-0.1, -0.05) is 32.1 Å². The Kier molecular flexibility index (Phi) is 3.49. The number of carbonyl (C=O) groups excluding carboxylic acids is 1. The molecule has 0 aliphatic heterocycles. The first-order valence-electron chi connectivity index (χ1n) is 5.78. The number of rotatable bonds is 3. The molecule has 80 valence electrons. The van der Waals surface area contributed by atoms with Crippen molar-refractivity contribution in [3.8, 4) is 0 Å². The Bertz CT molecular complexity index is 329. The topological polar surface area (TPSA) is 30.0 Å². The average molecular weight is 203 g/mol. The van der Waals surface area contributed by atoms with Crippen LogP contribution in [0.25, 0.3) is 0 Å². The normalized spacial score (nSPS) is 17.6. The first-order chi connectivity index (χ1) is 7.40. The van der Waals surface area contributed by atoms with Gasteiger partial charge in [0.2, 0.25) is 0 Å². The van der Waals surface area contributed by atoms with Crippen molar-refractivity contribution in [2.75, 3.05) is 0 Å². The zero-order valence-corrected chi connectivity index (χ0v) is 8.98. The molecule has 0 aromatic carbocycles. The first-order valence-corrected chi connectivity index (χ1v) is 5.78. The quantitative estimate of drug-likeness (QED) is 0.707. The summed E-state index contributed by atoms with van der Waals surface area (Å²) in [6.07, 6.45) is 12.2. The van der Waals surface area contributed by atoms with E-state index in [9.17, 15) is 4.79 Å². The van der Waals surface area contributed by atoms with Crippen molar-refractivity contribution in [3.63, 3.8) is 0 Å². The summed E-state index contributed by atoms with van der Waals surface area (Å²) in [5, 5.41) is 0. The molecule has 15 heavy (non-hydrogen) atoms. The summed E-state index contributed by atoms with van der Waals surface area (Å²) in [6.45, 7) is 0. The molecule has 0 atom stereocenters. The lowest BCUT2D eigenvalue weighted by molar-refractivity contribution is 0.112. The van der Waals surface area contributed by atoms with Gasteiger partial charge < -0.3 is 0 Å². The third-order valence-corrected chi connectivity index (χ3v) is 3.31. The second-order valence-corrected chi connectivity index (χ2v) is 4.40. The molecule has 0 amide bonds. The predicted molar refractivity (Wildman–Crippen MR) is 59.9 cm³/mol. The van der Waals surface area contributed by atoms with E-state index in [4.69, 9.17) is 0 Å². The number of pyridine rings is 1. The molecular weight excluding hydrogens is 186 g/mol. The first kappa shape index (κ1) is 10.3. The van der Waals surface area contributed by atoms with Crippen LogP contribution < -0.4 is 0 Å². The lowest BCUT2D eigenvalue weighted by Crippen LogP contribution is -2.10. The van der Waals surface area contributed by atoms with Crippen molar-refractivity contribution in [3.05, 3.63) is 29.6 Å². The van der Waals surface area contributed by atoms with E-state index in [-0.39, 0.29) is 0 Å². The molecule has 1 aliphatic rings. The Balaban J connectivity index is 2.05. The van der Waals surface area contributed by atoms with Crippen LogP contribution in [0, 0.1) is 5.92 Å². The Morgan fingerprint density at radius 2 is 2.13 bits per heavy atom. The fourth-order valence-electron chi connectivity index (χ4n) is 2.43. The van der Waals surface area contributed by atoms with Crippen LogP contribution in [0.15, 0.2) is 18.5 Å². The van der Waals surface area contributed by atoms with Crippen molar-refractivity contribution >= 4 is 6.29 Å². The Morgan fingerprint density at radius 3 is 2.87 bits per heavy atom. The number of nitrogens with zero attached hydrogens (tertiary/aromatic N) is 1. The van der Waals surface area contributed by atoms with Gasteiger partial charge in [0.05, 0.1) is 0 Å². The summed E-state index contributed by atoms with van der Waals surface area (Å²) in [5.41, 5.74) is 1.94. The van der Waals surface area contributed by atoms with Crippen molar-refractivity contribution < 1.29 is 4.79 Å². The molecule has 1 aromatic rings. The van der Waals surface area contributed by atoms with E-state index < -0.39 is 0 Å². The van der Waals surface area contributed by atoms with Gasteiger partial charge in [0, 0.05) is 18.0 Å². The van der Waals surface area contributed by atoms with E-state index in [1.165, 1.54) is 37.7 Å². The molecule has 2 heteroatoms. The Hall–Kier alpha value is -1.18. The molecule has 1 heterocycles. The van der Waals surface area contributed by atoms with Crippen molar-refractivity contribution in [2.45, 2.75) is 38.5 Å². The van der Waals surface area contributed by atoms with E-state index in [1.807, 2.05) is 6.07 Å². The summed E-state index contributed by atoms with van der Waals surface area (Å²) < 4.78 is 0. The third kappa shape index (κ3) is 2.65. The van der Waals surface area contributed by atoms with Crippen LogP contribution in [0.4, 0.5) is 0 Å². The highest BCUT2D eigenvalue weighted by molar-refractivity contribution is 5.76. The molecular formula is C13H17NO. The SMILES string of the molecule is O=Cc1cnccc1CC1CCCCC1. The minimum Gasteiger partial charge on any atom is -0.298 e. The lowest BCUT2D eigenvalue weighted by atomic mass is 9.84. The number of hydrogen-bond donors (Lipinski definition) is 0. The lowest BCUT2D eigenvalue weighted by Gasteiger charge is -2.21. The van der Waals surface area contributed by atoms with Crippen molar-refractivity contribution in [1.82, 2.24) is 4.98 Å². The second kappa shape index (κ2) is 5.06. The van der Waals surface area contributed by atoms with Crippen molar-refractivity contribution in [1.29, 1.82) is 0 Å². The minimum absolute atomic E-state index is 0.767. The van der Waals surface area contributed by atoms with Gasteiger partial charge in [-0.3, -0.25) is 9.78 Å². The third-order valence-electron chi connectivity index (χ3n) is 3.31. The zero-order chi connectivity index (χ0) is 10.5. The molecule has 0 radical (unpaired) electrons. The fourth-order valence-corrected chi connectivity index (χ4v) is 2.43. The predicted octanol–water partition coefficient (Wildman–Crippen LogP) is 3.02. The molecule has 0 bridgehead atoms. The molecule has 1 aliphatic carbocycles. The smallest absolute Gasteiger partial charge is 0.151 e. The van der Waals surface area contributed by atoms with Crippen LogP contribution in [0.5, 0.6) is 0 Å². The largest absolute Gasteiger partial charge is 0.298 e. The molecule has 1 aromatic heterocycles. The molecule has 2 rings (SSSR count). The molecule has 0 spiro atoms. The van der Waals surface area contributed by atoms with Crippen LogP contribution in [0.2, 0.25) is 0 Å². The number of aldehydes is 1. The van der Waals surface area contributed by atoms with Gasteiger partial charge in [0.15, 0.2) is 6.29 Å². The van der Waals surface area contributed by atoms with Gasteiger partial charge >= 0.3 is 0 Å². The van der Waals surface area contributed by atoms with E-state index in [0.717, 1.165) is 24.2 Å². The van der Waals surface area contributed by atoms with Crippen LogP contribution in [-0.2, 0) is 6.42 Å². The molecule has 1 fully saturated rings. The summed E-state index contributed by atoms with van der Waals surface area (Å²) in [7, 11) is 0. The van der Waals surface area contributed by atoms with Crippen LogP contribution in [0.3, 0.4) is 0 Å². The highest BCUT2D eigenvalue weighted by atomic mass is 16.1. The molecule has 0 N–H and O–H groups in total. The van der Waals surface area contributed by atoms with E-state index in [2.05, 4.69) is 4.98 Å². The van der Waals surface area contributed by atoms with E-state index in [0.29, 0.717) is 0 Å². The molecule has 2 nitrogen and oxygen atoms in total. The van der Waals surface area contributed by atoms with E-state index in [1.54, 1.807) is 12.4 Å². The molecule has 1 saturated carbocycles. The fraction of sp³-hybridized carbons (Fsp3) is 0.538. The maximum absolute atomic E-state index is 10.8. The average Bonchev–Trinajstić information content (AvgIpc) is 2.31. The summed E-state index contributed by atoms with van der Waals surface area (Å²) in [6, 6.07) is 1.98. The Labute approximate surface area is 90.7 Å². The van der Waals surface area contributed by atoms with Crippen LogP contribution >= 0.6 is 0 Å². The maximum atomic E-state index is 10.8. The monoisotopic (exact) mass is 203 g/mol. The van der Waals surface area contributed by atoms with Gasteiger partial charge in [-0.05, 0) is 24.0 Å². The van der Waals surface area contributed by atoms with Crippen molar-refractivity contribution in [2.24, 2.45) is 5.92 Å². The van der Waals surface area contributed by atoms with Gasteiger partial charge in [-0.25, -0.2) is 0 Å². The van der Waals surface area contributed by atoms with Gasteiger partial charge in [-0.15, -0.1) is 0 Å². The van der Waals surface area contributed by atoms with Crippen LogP contribution in [0.1, 0.15) is 48.0 Å². The maximum Gasteiger partial charge on any atom is 0.151 e. The summed E-state index contributed by atoms with van der Waals surface area (Å²) >= 11 is 0. The standard InChI is InChI=1S/C13H17NO/c15-10-13-9-14-7-6-12(13)8-11-4-2-1-3-5-11/h6-7,9-11H,1-5,8H2. The Morgan fingerprint density at radius 1 is 1.33 bits per heavy atom. The molecule has 0 unspecified atom stereocenters. The molecule has 0 saturated heterocycles. The minimum atomic E-state index is 0.767. The van der Waals surface area contributed by atoms with Gasteiger partial charge in [-0.2, -0.15) is 0 Å². The van der Waals surface area contributed by atoms with E-state index >= 15 is 0 Å².